The second-order valence-corrected chi connectivity index (χ2v) is 9.85. The Bertz CT molecular complexity index is 654. The number of rotatable bonds is 17. The lowest BCUT2D eigenvalue weighted by atomic mass is 9.69. The summed E-state index contributed by atoms with van der Waals surface area (Å²) in [5.74, 6) is -1.34. The molecule has 1 heterocycles. The number of hydrogen-bond donors (Lipinski definition) is 1. The van der Waals surface area contributed by atoms with Crippen molar-refractivity contribution in [3.05, 3.63) is 0 Å². The summed E-state index contributed by atoms with van der Waals surface area (Å²) in [7, 11) is 1.33. The first-order valence-corrected chi connectivity index (χ1v) is 13.5. The van der Waals surface area contributed by atoms with Crippen molar-refractivity contribution in [3.63, 3.8) is 0 Å². The van der Waals surface area contributed by atoms with Gasteiger partial charge in [-0.2, -0.15) is 0 Å². The van der Waals surface area contributed by atoms with Crippen molar-refractivity contribution < 1.29 is 19.1 Å². The third-order valence-electron chi connectivity index (χ3n) is 7.18. The molecular weight excluding hydrogens is 436 g/mol. The maximum atomic E-state index is 13.7. The number of ether oxygens (including phenoxy) is 1. The molecule has 1 N–H and O–H groups in total. The van der Waals surface area contributed by atoms with Gasteiger partial charge in [0.2, 0.25) is 11.8 Å². The van der Waals surface area contributed by atoms with E-state index in [2.05, 4.69) is 12.2 Å². The summed E-state index contributed by atoms with van der Waals surface area (Å²) in [6, 6.07) is -0.801. The predicted molar refractivity (Wildman–Crippen MR) is 137 cm³/mol. The van der Waals surface area contributed by atoms with E-state index in [0.29, 0.717) is 12.8 Å². The van der Waals surface area contributed by atoms with Gasteiger partial charge in [0.25, 0.3) is 0 Å². The Morgan fingerprint density at radius 1 is 0.939 bits per heavy atom. The van der Waals surface area contributed by atoms with Crippen LogP contribution in [0.4, 0.5) is 0 Å². The zero-order valence-corrected chi connectivity index (χ0v) is 22.4. The number of carbonyl (C=O) groups is 3. The molecule has 0 aliphatic carbocycles. The van der Waals surface area contributed by atoms with Crippen LogP contribution in [0.5, 0.6) is 0 Å². The van der Waals surface area contributed by atoms with Gasteiger partial charge in [-0.1, -0.05) is 98.3 Å². The molecule has 0 aromatic rings. The van der Waals surface area contributed by atoms with E-state index < -0.39 is 17.4 Å². The zero-order valence-electron chi connectivity index (χ0n) is 21.5. The molecule has 7 heteroatoms. The van der Waals surface area contributed by atoms with E-state index in [1.807, 2.05) is 20.8 Å². The largest absolute Gasteiger partial charge is 0.467 e. The van der Waals surface area contributed by atoms with Crippen LogP contribution in [0.3, 0.4) is 0 Å². The minimum absolute atomic E-state index is 0.0141. The van der Waals surface area contributed by atoms with Crippen LogP contribution in [0.1, 0.15) is 118 Å². The molecule has 6 nitrogen and oxygen atoms in total. The molecule has 3 unspecified atom stereocenters. The Hall–Kier alpha value is -1.50. The van der Waals surface area contributed by atoms with Gasteiger partial charge in [-0.25, -0.2) is 4.79 Å². The maximum Gasteiger partial charge on any atom is 0.329 e. The minimum atomic E-state index is -1.21. The number of carbonyl (C=O) groups excluding carboxylic acids is 3. The molecule has 1 saturated heterocycles. The average molecular weight is 483 g/mol. The first-order chi connectivity index (χ1) is 15.8. The van der Waals surface area contributed by atoms with Crippen molar-refractivity contribution in [1.29, 1.82) is 0 Å². The van der Waals surface area contributed by atoms with E-state index in [1.165, 1.54) is 57.0 Å². The van der Waals surface area contributed by atoms with E-state index in [-0.39, 0.29) is 22.8 Å². The summed E-state index contributed by atoms with van der Waals surface area (Å²) in [5.41, 5.74) is -1.21. The van der Waals surface area contributed by atoms with Gasteiger partial charge < -0.3 is 10.1 Å². The number of methoxy groups -OCH3 is 1. The molecule has 3 atom stereocenters. The molecule has 190 valence electrons. The van der Waals surface area contributed by atoms with Crippen molar-refractivity contribution in [1.82, 2.24) is 10.2 Å². The Balaban J connectivity index is 2.79. The van der Waals surface area contributed by atoms with Crippen LogP contribution in [0.15, 0.2) is 0 Å². The molecular formula is C26H46N2O4S. The number of thiocarbonyl (C=S) groups is 1. The quantitative estimate of drug-likeness (QED) is 0.121. The van der Waals surface area contributed by atoms with Gasteiger partial charge in [-0.3, -0.25) is 14.5 Å². The summed E-state index contributed by atoms with van der Waals surface area (Å²) in [4.78, 5) is 40.7. The summed E-state index contributed by atoms with van der Waals surface area (Å²) < 4.78 is 5.04. The van der Waals surface area contributed by atoms with Crippen molar-refractivity contribution in [2.24, 2.45) is 11.3 Å². The third kappa shape index (κ3) is 7.76. The minimum Gasteiger partial charge on any atom is -0.467 e. The molecule has 0 radical (unpaired) electrons. The second-order valence-electron chi connectivity index (χ2n) is 9.46. The Morgan fingerprint density at radius 2 is 1.48 bits per heavy atom. The van der Waals surface area contributed by atoms with Crippen molar-refractivity contribution in [2.75, 3.05) is 7.11 Å². The van der Waals surface area contributed by atoms with Crippen LogP contribution in [0, 0.1) is 11.3 Å². The van der Waals surface area contributed by atoms with Gasteiger partial charge in [0.15, 0.2) is 5.11 Å². The lowest BCUT2D eigenvalue weighted by molar-refractivity contribution is -0.162. The van der Waals surface area contributed by atoms with E-state index in [4.69, 9.17) is 17.0 Å². The molecule has 33 heavy (non-hydrogen) atoms. The molecule has 1 rings (SSSR count). The average Bonchev–Trinajstić information content (AvgIpc) is 2.79. The van der Waals surface area contributed by atoms with Gasteiger partial charge in [0.05, 0.1) is 7.11 Å². The first-order valence-electron chi connectivity index (χ1n) is 13.1. The first kappa shape index (κ1) is 29.5. The second kappa shape index (κ2) is 15.4. The summed E-state index contributed by atoms with van der Waals surface area (Å²) in [5, 5.41) is 2.74. The standard InChI is InChI=1S/C26H46N2O4S/c1-6-9-10-11-12-13-14-15-16-17-19-21(22(29)32-5)28-24(31)26(8-3,20(4)18-7-2)23(30)27-25(28)33/h20-21H,6-19H2,1-5H3,(H,27,30,33). The number of unbranched alkanes of at least 4 members (excludes halogenated alkanes) is 9. The Morgan fingerprint density at radius 3 is 1.97 bits per heavy atom. The number of hydrogen-bond acceptors (Lipinski definition) is 5. The van der Waals surface area contributed by atoms with Gasteiger partial charge in [-0.05, 0) is 37.4 Å². The number of esters is 1. The summed E-state index contributed by atoms with van der Waals surface area (Å²) in [6.45, 7) is 8.06. The molecule has 1 fully saturated rings. The predicted octanol–water partition coefficient (Wildman–Crippen LogP) is 5.91. The molecule has 0 aromatic carbocycles. The normalized spacial score (nSPS) is 20.5. The molecule has 0 saturated carbocycles. The van der Waals surface area contributed by atoms with E-state index in [9.17, 15) is 14.4 Å². The molecule has 0 bridgehead atoms. The Kier molecular flexibility index (Phi) is 13.8. The molecule has 1 aliphatic rings. The SMILES string of the molecule is CCCCCCCCCCCCC(C(=O)OC)N1C(=O)C(CC)(C(C)CCC)C(=O)NC1=S. The Labute approximate surface area is 206 Å². The fraction of sp³-hybridized carbons (Fsp3) is 0.846. The molecule has 0 aromatic heterocycles. The van der Waals surface area contributed by atoms with Crippen LogP contribution < -0.4 is 5.32 Å². The van der Waals surface area contributed by atoms with E-state index in [1.54, 1.807) is 0 Å². The molecule has 1 aliphatic heterocycles. The van der Waals surface area contributed by atoms with Gasteiger partial charge in [0, 0.05) is 0 Å². The number of nitrogens with one attached hydrogen (secondary N) is 1. The van der Waals surface area contributed by atoms with Gasteiger partial charge >= 0.3 is 5.97 Å². The van der Waals surface area contributed by atoms with Crippen LogP contribution in [-0.2, 0) is 19.1 Å². The van der Waals surface area contributed by atoms with Crippen molar-refractivity contribution in [2.45, 2.75) is 124 Å². The van der Waals surface area contributed by atoms with Crippen LogP contribution in [0.2, 0.25) is 0 Å². The lowest BCUT2D eigenvalue weighted by Crippen LogP contribution is -2.68. The van der Waals surface area contributed by atoms with Gasteiger partial charge in [0.1, 0.15) is 11.5 Å². The summed E-state index contributed by atoms with van der Waals surface area (Å²) >= 11 is 5.37. The van der Waals surface area contributed by atoms with Crippen molar-refractivity contribution in [3.8, 4) is 0 Å². The fourth-order valence-corrected chi connectivity index (χ4v) is 5.35. The molecule has 0 spiro atoms. The molecule has 2 amide bonds. The zero-order chi connectivity index (χ0) is 24.9. The van der Waals surface area contributed by atoms with Crippen LogP contribution in [-0.4, -0.2) is 40.9 Å². The van der Waals surface area contributed by atoms with Crippen molar-refractivity contribution >= 4 is 35.1 Å². The highest BCUT2D eigenvalue weighted by atomic mass is 32.1. The highest BCUT2D eigenvalue weighted by molar-refractivity contribution is 7.80. The lowest BCUT2D eigenvalue weighted by Gasteiger charge is -2.45. The highest BCUT2D eigenvalue weighted by Crippen LogP contribution is 2.40. The van der Waals surface area contributed by atoms with E-state index in [0.717, 1.165) is 32.1 Å². The number of amides is 2. The maximum absolute atomic E-state index is 13.7. The number of nitrogens with zero attached hydrogens (tertiary/aromatic N) is 1. The smallest absolute Gasteiger partial charge is 0.329 e. The topological polar surface area (TPSA) is 75.7 Å². The highest BCUT2D eigenvalue weighted by Gasteiger charge is 2.56. The van der Waals surface area contributed by atoms with E-state index >= 15 is 0 Å². The summed E-state index contributed by atoms with van der Waals surface area (Å²) in [6.07, 6.45) is 14.3. The van der Waals surface area contributed by atoms with Gasteiger partial charge in [-0.15, -0.1) is 0 Å². The fourth-order valence-electron chi connectivity index (χ4n) is 5.04. The van der Waals surface area contributed by atoms with Crippen LogP contribution >= 0.6 is 12.2 Å². The van der Waals surface area contributed by atoms with Crippen LogP contribution in [0.25, 0.3) is 0 Å². The monoisotopic (exact) mass is 482 g/mol. The third-order valence-corrected chi connectivity index (χ3v) is 7.48.